The fourth-order valence-electron chi connectivity index (χ4n) is 1.18. The second-order valence-electron chi connectivity index (χ2n) is 2.81. The molecule has 0 unspecified atom stereocenters. The highest BCUT2D eigenvalue weighted by molar-refractivity contribution is 7.54. The predicted octanol–water partition coefficient (Wildman–Crippen LogP) is 0.309. The van der Waals surface area contributed by atoms with Crippen LogP contribution < -0.4 is 10.6 Å². The lowest BCUT2D eigenvalue weighted by atomic mass is 10.1. The molecule has 0 aliphatic rings. The van der Waals surface area contributed by atoms with Gasteiger partial charge in [0.15, 0.2) is 8.38 Å². The van der Waals surface area contributed by atoms with E-state index in [1.54, 1.807) is 19.2 Å². The topological polar surface area (TPSA) is 52.5 Å². The number of terminal acetylenes is 1. The van der Waals surface area contributed by atoms with Gasteiger partial charge in [0.05, 0.1) is 0 Å². The van der Waals surface area contributed by atoms with Gasteiger partial charge in [-0.1, -0.05) is 12.0 Å². The van der Waals surface area contributed by atoms with Crippen molar-refractivity contribution in [2.75, 3.05) is 7.05 Å². The van der Waals surface area contributed by atoms with Gasteiger partial charge in [-0.05, 0) is 24.7 Å². The van der Waals surface area contributed by atoms with Gasteiger partial charge >= 0.3 is 0 Å². The summed E-state index contributed by atoms with van der Waals surface area (Å²) in [5, 5.41) is 3.47. The monoisotopic (exact) mass is 209 g/mol. The van der Waals surface area contributed by atoms with Crippen molar-refractivity contribution in [2.24, 2.45) is 0 Å². The minimum atomic E-state index is -2.09. The van der Waals surface area contributed by atoms with E-state index in [1.807, 2.05) is 6.07 Å². The summed E-state index contributed by atoms with van der Waals surface area (Å²) in [7, 11) is -0.284. The molecule has 3 N–H and O–H groups in total. The number of hydrogen-bond acceptors (Lipinski definition) is 3. The summed E-state index contributed by atoms with van der Waals surface area (Å²) in [5.41, 5.74) is 1.53. The maximum absolute atomic E-state index is 9.18. The molecule has 0 aliphatic carbocycles. The van der Waals surface area contributed by atoms with E-state index in [-0.39, 0.29) is 0 Å². The van der Waals surface area contributed by atoms with Crippen LogP contribution in [0, 0.1) is 12.3 Å². The van der Waals surface area contributed by atoms with Crippen molar-refractivity contribution in [3.8, 4) is 12.3 Å². The van der Waals surface area contributed by atoms with Crippen LogP contribution in [0.3, 0.4) is 0 Å². The van der Waals surface area contributed by atoms with Crippen LogP contribution in [0.15, 0.2) is 18.2 Å². The summed E-state index contributed by atoms with van der Waals surface area (Å²) in [6.45, 7) is 0.597. The molecular formula is C10H12NO2P. The van der Waals surface area contributed by atoms with E-state index in [1.165, 1.54) is 0 Å². The minimum absolute atomic E-state index is 0.518. The third kappa shape index (κ3) is 2.54. The summed E-state index contributed by atoms with van der Waals surface area (Å²) in [5.74, 6) is 2.46. The molecule has 0 bridgehead atoms. The van der Waals surface area contributed by atoms with Gasteiger partial charge in [0, 0.05) is 17.4 Å². The number of rotatable bonds is 3. The average molecular weight is 209 g/mol. The maximum Gasteiger partial charge on any atom is 0.199 e. The molecule has 0 atom stereocenters. The standard InChI is InChI=1S/C10H12NO2P/c1-3-8-4-5-9(7-11-2)10(6-8)14(12)13/h1,4-6,11-13H,7H2,2H3. The summed E-state index contributed by atoms with van der Waals surface area (Å²) >= 11 is 0. The van der Waals surface area contributed by atoms with Crippen LogP contribution in [0.1, 0.15) is 11.1 Å². The first-order valence-corrected chi connectivity index (χ1v) is 5.35. The molecule has 0 aromatic heterocycles. The van der Waals surface area contributed by atoms with E-state index in [0.717, 1.165) is 5.56 Å². The van der Waals surface area contributed by atoms with Crippen LogP contribution in [-0.4, -0.2) is 16.8 Å². The van der Waals surface area contributed by atoms with E-state index in [0.29, 0.717) is 17.4 Å². The van der Waals surface area contributed by atoms with Crippen LogP contribution in [0.25, 0.3) is 0 Å². The molecule has 4 heteroatoms. The van der Waals surface area contributed by atoms with E-state index in [4.69, 9.17) is 6.42 Å². The Morgan fingerprint density at radius 3 is 2.71 bits per heavy atom. The lowest BCUT2D eigenvalue weighted by Gasteiger charge is -2.10. The zero-order valence-corrected chi connectivity index (χ0v) is 8.75. The molecule has 0 aliphatic heterocycles. The summed E-state index contributed by atoms with van der Waals surface area (Å²) in [4.78, 5) is 18.4. The van der Waals surface area contributed by atoms with E-state index in [2.05, 4.69) is 11.2 Å². The molecule has 0 heterocycles. The molecule has 1 rings (SSSR count). The molecular weight excluding hydrogens is 197 g/mol. The van der Waals surface area contributed by atoms with Gasteiger partial charge in [0.25, 0.3) is 0 Å². The molecule has 0 spiro atoms. The second-order valence-corrected chi connectivity index (χ2v) is 3.87. The maximum atomic E-state index is 9.18. The van der Waals surface area contributed by atoms with E-state index in [9.17, 15) is 9.79 Å². The van der Waals surface area contributed by atoms with Crippen LogP contribution in [0.5, 0.6) is 0 Å². The minimum Gasteiger partial charge on any atom is -0.347 e. The van der Waals surface area contributed by atoms with Gasteiger partial charge in [-0.25, -0.2) is 0 Å². The molecule has 0 amide bonds. The smallest absolute Gasteiger partial charge is 0.199 e. The Hall–Kier alpha value is -0.910. The van der Waals surface area contributed by atoms with Crippen LogP contribution >= 0.6 is 8.38 Å². The van der Waals surface area contributed by atoms with Gasteiger partial charge in [-0.3, -0.25) is 0 Å². The van der Waals surface area contributed by atoms with Crippen molar-refractivity contribution in [1.29, 1.82) is 0 Å². The highest BCUT2D eigenvalue weighted by atomic mass is 31.2. The lowest BCUT2D eigenvalue weighted by molar-refractivity contribution is 0.496. The Kier molecular flexibility index (Phi) is 4.06. The summed E-state index contributed by atoms with van der Waals surface area (Å²) < 4.78 is 0. The Labute approximate surface area is 84.7 Å². The van der Waals surface area contributed by atoms with Gasteiger partial charge < -0.3 is 15.1 Å². The molecule has 1 aromatic carbocycles. The van der Waals surface area contributed by atoms with Gasteiger partial charge in [-0.2, -0.15) is 0 Å². The third-order valence-corrected chi connectivity index (χ3v) is 2.68. The zero-order valence-electron chi connectivity index (χ0n) is 7.86. The van der Waals surface area contributed by atoms with Gasteiger partial charge in [0.1, 0.15) is 0 Å². The highest BCUT2D eigenvalue weighted by Gasteiger charge is 2.10. The Balaban J connectivity index is 3.12. The zero-order chi connectivity index (χ0) is 10.6. The van der Waals surface area contributed by atoms with E-state index >= 15 is 0 Å². The summed E-state index contributed by atoms with van der Waals surface area (Å²) in [6.07, 6.45) is 5.22. The Morgan fingerprint density at radius 2 is 2.21 bits per heavy atom. The predicted molar refractivity (Wildman–Crippen MR) is 58.1 cm³/mol. The Bertz CT molecular complexity index is 358. The van der Waals surface area contributed by atoms with Crippen molar-refractivity contribution < 1.29 is 9.79 Å². The molecule has 3 nitrogen and oxygen atoms in total. The Morgan fingerprint density at radius 1 is 1.50 bits per heavy atom. The molecule has 14 heavy (non-hydrogen) atoms. The fourth-order valence-corrected chi connectivity index (χ4v) is 1.84. The summed E-state index contributed by atoms with van der Waals surface area (Å²) in [6, 6.07) is 5.23. The molecule has 74 valence electrons. The van der Waals surface area contributed by atoms with Gasteiger partial charge in [0.2, 0.25) is 0 Å². The van der Waals surface area contributed by atoms with Crippen molar-refractivity contribution in [2.45, 2.75) is 6.54 Å². The third-order valence-electron chi connectivity index (χ3n) is 1.83. The largest absolute Gasteiger partial charge is 0.347 e. The lowest BCUT2D eigenvalue weighted by Crippen LogP contribution is -2.15. The second kappa shape index (κ2) is 5.09. The van der Waals surface area contributed by atoms with E-state index < -0.39 is 8.38 Å². The van der Waals surface area contributed by atoms with Crippen molar-refractivity contribution in [3.05, 3.63) is 29.3 Å². The molecule has 0 saturated carbocycles. The van der Waals surface area contributed by atoms with Crippen molar-refractivity contribution in [1.82, 2.24) is 5.32 Å². The van der Waals surface area contributed by atoms with Gasteiger partial charge in [-0.15, -0.1) is 6.42 Å². The number of hydrogen-bond donors (Lipinski definition) is 3. The molecule has 0 fully saturated rings. The SMILES string of the molecule is C#Cc1ccc(CNC)c(P(O)O)c1. The van der Waals surface area contributed by atoms with Crippen LogP contribution in [0.4, 0.5) is 0 Å². The number of nitrogens with one attached hydrogen (secondary N) is 1. The molecule has 0 saturated heterocycles. The van der Waals surface area contributed by atoms with Crippen molar-refractivity contribution in [3.63, 3.8) is 0 Å². The van der Waals surface area contributed by atoms with Crippen molar-refractivity contribution >= 4 is 13.7 Å². The first-order chi connectivity index (χ1) is 6.69. The fraction of sp³-hybridized carbons (Fsp3) is 0.200. The molecule has 0 radical (unpaired) electrons. The first kappa shape index (κ1) is 11.2. The highest BCUT2D eigenvalue weighted by Crippen LogP contribution is 2.24. The normalized spacial score (nSPS) is 10.2. The van der Waals surface area contributed by atoms with Crippen LogP contribution in [-0.2, 0) is 6.54 Å². The quantitative estimate of drug-likeness (QED) is 0.496. The van der Waals surface area contributed by atoms with Crippen LogP contribution in [0.2, 0.25) is 0 Å². The number of benzene rings is 1. The first-order valence-electron chi connectivity index (χ1n) is 4.11. The average Bonchev–Trinajstić information content (AvgIpc) is 2.18. The molecule has 1 aromatic rings.